The summed E-state index contributed by atoms with van der Waals surface area (Å²) in [6, 6.07) is 18.7. The summed E-state index contributed by atoms with van der Waals surface area (Å²) in [5, 5.41) is 11.1. The van der Waals surface area contributed by atoms with Gasteiger partial charge >= 0.3 is 5.97 Å². The molecule has 0 radical (unpaired) electrons. The molecule has 144 valence electrons. The van der Waals surface area contributed by atoms with Crippen molar-refractivity contribution in [3.8, 4) is 5.75 Å². The Bertz CT molecular complexity index is 947. The molecule has 0 amide bonds. The van der Waals surface area contributed by atoms with Crippen molar-refractivity contribution in [2.45, 2.75) is 32.3 Å². The Morgan fingerprint density at radius 3 is 2.61 bits per heavy atom. The number of benzene rings is 2. The van der Waals surface area contributed by atoms with Crippen LogP contribution in [0.5, 0.6) is 5.75 Å². The van der Waals surface area contributed by atoms with Crippen LogP contribution in [0, 0.1) is 6.92 Å². The van der Waals surface area contributed by atoms with Gasteiger partial charge in [-0.15, -0.1) is 11.3 Å². The number of ketones is 1. The van der Waals surface area contributed by atoms with Gasteiger partial charge in [0.25, 0.3) is 0 Å². The second-order valence-electron chi connectivity index (χ2n) is 6.60. The lowest BCUT2D eigenvalue weighted by Gasteiger charge is -2.18. The van der Waals surface area contributed by atoms with E-state index in [9.17, 15) is 9.59 Å². The third-order valence-electron chi connectivity index (χ3n) is 4.61. The lowest BCUT2D eigenvalue weighted by atomic mass is 9.85. The van der Waals surface area contributed by atoms with Gasteiger partial charge in [-0.2, -0.15) is 0 Å². The Balaban J connectivity index is 1.82. The van der Waals surface area contributed by atoms with Gasteiger partial charge in [-0.05, 0) is 48.1 Å². The molecule has 1 heterocycles. The van der Waals surface area contributed by atoms with Crippen LogP contribution in [-0.4, -0.2) is 16.9 Å². The maximum atomic E-state index is 13.2. The molecule has 1 aromatic heterocycles. The zero-order valence-electron chi connectivity index (χ0n) is 15.6. The second-order valence-corrected chi connectivity index (χ2v) is 7.63. The van der Waals surface area contributed by atoms with Gasteiger partial charge in [0.15, 0.2) is 5.78 Å². The number of carboxylic acids is 1. The zero-order valence-corrected chi connectivity index (χ0v) is 16.4. The van der Waals surface area contributed by atoms with Gasteiger partial charge in [0, 0.05) is 22.8 Å². The Morgan fingerprint density at radius 1 is 1.07 bits per heavy atom. The van der Waals surface area contributed by atoms with E-state index in [-0.39, 0.29) is 18.6 Å². The van der Waals surface area contributed by atoms with Gasteiger partial charge in [0.05, 0.1) is 0 Å². The number of rotatable bonds is 9. The van der Waals surface area contributed by atoms with Crippen molar-refractivity contribution in [3.05, 3.63) is 87.6 Å². The lowest BCUT2D eigenvalue weighted by Crippen LogP contribution is -2.16. The third kappa shape index (κ3) is 5.08. The quantitative estimate of drug-likeness (QED) is 0.489. The molecule has 1 atom stereocenters. The molecular weight excluding hydrogens is 372 g/mol. The predicted octanol–water partition coefficient (Wildman–Crippen LogP) is 5.47. The average Bonchev–Trinajstić information content (AvgIpc) is 3.21. The minimum atomic E-state index is -0.903. The number of aliphatic carboxylic acids is 1. The summed E-state index contributed by atoms with van der Waals surface area (Å²) in [6.07, 6.45) is 0.207. The predicted molar refractivity (Wildman–Crippen MR) is 110 cm³/mol. The maximum absolute atomic E-state index is 13.2. The van der Waals surface area contributed by atoms with E-state index in [1.54, 1.807) is 29.5 Å². The van der Waals surface area contributed by atoms with Gasteiger partial charge in [-0.1, -0.05) is 42.5 Å². The van der Waals surface area contributed by atoms with E-state index in [1.807, 2.05) is 54.8 Å². The largest absolute Gasteiger partial charge is 0.488 e. The Labute approximate surface area is 168 Å². The van der Waals surface area contributed by atoms with E-state index >= 15 is 0 Å². The number of hydrogen-bond donors (Lipinski definition) is 1. The third-order valence-corrected chi connectivity index (χ3v) is 5.46. The van der Waals surface area contributed by atoms with Crippen molar-refractivity contribution < 1.29 is 19.4 Å². The summed E-state index contributed by atoms with van der Waals surface area (Å²) >= 11 is 1.62. The first-order valence-electron chi connectivity index (χ1n) is 9.11. The molecule has 0 aliphatic rings. The summed E-state index contributed by atoms with van der Waals surface area (Å²) < 4.78 is 5.81. The SMILES string of the molecule is Cc1ccccc1[C@H](CCC(=O)O)C(=O)c1cccc(OCc2cccs2)c1. The molecule has 0 unspecified atom stereocenters. The van der Waals surface area contributed by atoms with Gasteiger partial charge in [0.2, 0.25) is 0 Å². The van der Waals surface area contributed by atoms with E-state index in [0.29, 0.717) is 17.9 Å². The van der Waals surface area contributed by atoms with Gasteiger partial charge in [-0.25, -0.2) is 0 Å². The number of carbonyl (C=O) groups is 2. The van der Waals surface area contributed by atoms with E-state index in [4.69, 9.17) is 9.84 Å². The second kappa shape index (κ2) is 9.33. The fraction of sp³-hybridized carbons (Fsp3) is 0.217. The minimum absolute atomic E-state index is 0.0562. The Morgan fingerprint density at radius 2 is 1.89 bits per heavy atom. The van der Waals surface area contributed by atoms with Crippen LogP contribution >= 0.6 is 11.3 Å². The van der Waals surface area contributed by atoms with E-state index in [0.717, 1.165) is 16.0 Å². The van der Waals surface area contributed by atoms with Crippen LogP contribution in [0.15, 0.2) is 66.0 Å². The standard InChI is InChI=1S/C23H22O4S/c1-16-6-2-3-10-20(16)21(11-12-22(24)25)23(26)17-7-4-8-18(14-17)27-15-19-9-5-13-28-19/h2-10,13-14,21H,11-12,15H2,1H3,(H,24,25)/t21-/m0/s1. The monoisotopic (exact) mass is 394 g/mol. The summed E-state index contributed by atoms with van der Waals surface area (Å²) in [7, 11) is 0. The first-order chi connectivity index (χ1) is 13.5. The van der Waals surface area contributed by atoms with E-state index < -0.39 is 11.9 Å². The molecule has 4 nitrogen and oxygen atoms in total. The lowest BCUT2D eigenvalue weighted by molar-refractivity contribution is -0.137. The number of Topliss-reactive ketones (excluding diaryl/α,β-unsaturated/α-hetero) is 1. The fourth-order valence-electron chi connectivity index (χ4n) is 3.16. The highest BCUT2D eigenvalue weighted by atomic mass is 32.1. The van der Waals surface area contributed by atoms with Crippen LogP contribution < -0.4 is 4.74 Å². The number of carboxylic acid groups (broad SMARTS) is 1. The molecule has 0 saturated heterocycles. The van der Waals surface area contributed by atoms with Crippen molar-refractivity contribution in [3.63, 3.8) is 0 Å². The first kappa shape index (κ1) is 19.8. The van der Waals surface area contributed by atoms with Crippen molar-refractivity contribution in [1.29, 1.82) is 0 Å². The highest BCUT2D eigenvalue weighted by molar-refractivity contribution is 7.09. The highest BCUT2D eigenvalue weighted by Crippen LogP contribution is 2.29. The molecule has 2 aromatic carbocycles. The summed E-state index contributed by atoms with van der Waals surface area (Å²) in [5.74, 6) is -0.859. The first-order valence-corrected chi connectivity index (χ1v) is 9.99. The van der Waals surface area contributed by atoms with E-state index in [1.165, 1.54) is 0 Å². The molecular formula is C23H22O4S. The van der Waals surface area contributed by atoms with Crippen molar-refractivity contribution in [2.75, 3.05) is 0 Å². The molecule has 0 bridgehead atoms. The zero-order chi connectivity index (χ0) is 19.9. The Kier molecular flexibility index (Phi) is 6.61. The van der Waals surface area contributed by atoms with Gasteiger partial charge in [-0.3, -0.25) is 9.59 Å². The number of hydrogen-bond acceptors (Lipinski definition) is 4. The number of aryl methyl sites for hydroxylation is 1. The molecule has 28 heavy (non-hydrogen) atoms. The summed E-state index contributed by atoms with van der Waals surface area (Å²) in [5.41, 5.74) is 2.39. The molecule has 3 rings (SSSR count). The Hall–Kier alpha value is -2.92. The van der Waals surface area contributed by atoms with Crippen molar-refractivity contribution in [1.82, 2.24) is 0 Å². The topological polar surface area (TPSA) is 63.6 Å². The minimum Gasteiger partial charge on any atom is -0.488 e. The smallest absolute Gasteiger partial charge is 0.303 e. The summed E-state index contributed by atoms with van der Waals surface area (Å²) in [4.78, 5) is 25.5. The van der Waals surface area contributed by atoms with Crippen molar-refractivity contribution >= 4 is 23.1 Å². The molecule has 0 aliphatic carbocycles. The van der Waals surface area contributed by atoms with Crippen LogP contribution in [0.3, 0.4) is 0 Å². The normalized spacial score (nSPS) is 11.8. The van der Waals surface area contributed by atoms with Crippen LogP contribution in [-0.2, 0) is 11.4 Å². The van der Waals surface area contributed by atoms with Gasteiger partial charge < -0.3 is 9.84 Å². The van der Waals surface area contributed by atoms with Crippen LogP contribution in [0.2, 0.25) is 0 Å². The maximum Gasteiger partial charge on any atom is 0.303 e. The molecule has 0 fully saturated rings. The van der Waals surface area contributed by atoms with Crippen LogP contribution in [0.4, 0.5) is 0 Å². The highest BCUT2D eigenvalue weighted by Gasteiger charge is 2.24. The summed E-state index contributed by atoms with van der Waals surface area (Å²) in [6.45, 7) is 2.40. The molecule has 1 N–H and O–H groups in total. The molecule has 0 saturated carbocycles. The van der Waals surface area contributed by atoms with Gasteiger partial charge in [0.1, 0.15) is 12.4 Å². The fourth-order valence-corrected chi connectivity index (χ4v) is 3.78. The van der Waals surface area contributed by atoms with Crippen LogP contribution in [0.1, 0.15) is 45.1 Å². The van der Waals surface area contributed by atoms with E-state index in [2.05, 4.69) is 0 Å². The molecule has 0 spiro atoms. The number of carbonyl (C=O) groups excluding carboxylic acids is 1. The average molecular weight is 394 g/mol. The number of ether oxygens (including phenoxy) is 1. The van der Waals surface area contributed by atoms with Crippen molar-refractivity contribution in [2.24, 2.45) is 0 Å². The molecule has 3 aromatic rings. The molecule has 0 aliphatic heterocycles. The molecule has 5 heteroatoms. The number of thiophene rings is 1. The van der Waals surface area contributed by atoms with Crippen LogP contribution in [0.25, 0.3) is 0 Å².